The van der Waals surface area contributed by atoms with Gasteiger partial charge in [-0.2, -0.15) is 0 Å². The number of rotatable bonds is 8. The predicted octanol–water partition coefficient (Wildman–Crippen LogP) is 2.44. The molecule has 0 spiro atoms. The first kappa shape index (κ1) is 24.2. The third-order valence-corrected chi connectivity index (χ3v) is 6.01. The molecule has 0 bridgehead atoms. The highest BCUT2D eigenvalue weighted by atomic mass is 35.5. The molecule has 10 heteroatoms. The number of carbonyl (C=O) groups is 2. The number of carbonyl (C=O) groups excluding carboxylic acids is 2. The average molecular weight is 498 g/mol. The van der Waals surface area contributed by atoms with Crippen molar-refractivity contribution in [1.82, 2.24) is 10.3 Å². The maximum atomic E-state index is 12.7. The zero-order chi connectivity index (χ0) is 25.3. The Labute approximate surface area is 204 Å². The molecule has 4 rings (SSSR count). The van der Waals surface area contributed by atoms with E-state index in [0.717, 1.165) is 5.56 Å². The van der Waals surface area contributed by atoms with Gasteiger partial charge >= 0.3 is 5.63 Å². The molecule has 2 atom stereocenters. The first-order valence-electron chi connectivity index (χ1n) is 10.9. The lowest BCUT2D eigenvalue weighted by Crippen LogP contribution is -2.52. The molecule has 2 aromatic heterocycles. The van der Waals surface area contributed by atoms with Crippen molar-refractivity contribution >= 4 is 45.3 Å². The van der Waals surface area contributed by atoms with Gasteiger partial charge in [0.05, 0.1) is 17.0 Å². The summed E-state index contributed by atoms with van der Waals surface area (Å²) < 4.78 is 10.9. The fraction of sp³-hybridized carbons (Fsp3) is 0.240. The molecule has 9 nitrogen and oxygen atoms in total. The van der Waals surface area contributed by atoms with Gasteiger partial charge in [0.1, 0.15) is 17.1 Å². The fourth-order valence-corrected chi connectivity index (χ4v) is 4.10. The third-order valence-electron chi connectivity index (χ3n) is 5.71. The van der Waals surface area contributed by atoms with Gasteiger partial charge in [0.15, 0.2) is 6.10 Å². The third kappa shape index (κ3) is 5.09. The molecule has 0 fully saturated rings. The number of aromatic nitrogens is 1. The summed E-state index contributed by atoms with van der Waals surface area (Å²) in [6.45, 7) is 3.33. The second kappa shape index (κ2) is 9.71. The van der Waals surface area contributed by atoms with Crippen molar-refractivity contribution in [3.63, 3.8) is 0 Å². The van der Waals surface area contributed by atoms with Gasteiger partial charge in [-0.3, -0.25) is 4.79 Å². The predicted molar refractivity (Wildman–Crippen MR) is 128 cm³/mol. The lowest BCUT2D eigenvalue weighted by molar-refractivity contribution is -0.308. The van der Waals surface area contributed by atoms with Crippen LogP contribution in [-0.4, -0.2) is 34.1 Å². The summed E-state index contributed by atoms with van der Waals surface area (Å²) in [4.78, 5) is 39.3. The van der Waals surface area contributed by atoms with Gasteiger partial charge in [0.25, 0.3) is 5.91 Å². The number of ether oxygens (including phenoxy) is 1. The number of phenolic OH excluding ortho intramolecular Hbond substituents is 1. The van der Waals surface area contributed by atoms with Gasteiger partial charge in [-0.15, -0.1) is 0 Å². The summed E-state index contributed by atoms with van der Waals surface area (Å²) in [6, 6.07) is 7.73. The minimum absolute atomic E-state index is 0.0311. The topological polar surface area (TPSA) is 145 Å². The van der Waals surface area contributed by atoms with Crippen molar-refractivity contribution in [3.05, 3.63) is 69.2 Å². The van der Waals surface area contributed by atoms with Crippen LogP contribution in [0, 0.1) is 0 Å². The largest absolute Gasteiger partial charge is 0.548 e. The Morgan fingerprint density at radius 1 is 1.20 bits per heavy atom. The number of benzene rings is 2. The highest BCUT2D eigenvalue weighted by Gasteiger charge is 2.23. The number of halogens is 1. The van der Waals surface area contributed by atoms with Crippen LogP contribution < -0.4 is 20.8 Å². The molecule has 182 valence electrons. The number of carboxylic acid groups (broad SMARTS) is 1. The Kier molecular flexibility index (Phi) is 6.70. The molecule has 3 N–H and O–H groups in total. The van der Waals surface area contributed by atoms with Crippen LogP contribution >= 0.6 is 11.6 Å². The lowest BCUT2D eigenvalue weighted by Gasteiger charge is -2.22. The van der Waals surface area contributed by atoms with E-state index in [2.05, 4.69) is 10.3 Å². The van der Waals surface area contributed by atoms with E-state index in [-0.39, 0.29) is 28.5 Å². The van der Waals surface area contributed by atoms with Gasteiger partial charge in [-0.25, -0.2) is 4.79 Å². The molecule has 1 amide bonds. The molecule has 2 heterocycles. The van der Waals surface area contributed by atoms with Gasteiger partial charge < -0.3 is 34.5 Å². The number of aliphatic carboxylic acids is 1. The highest BCUT2D eigenvalue weighted by Crippen LogP contribution is 2.32. The van der Waals surface area contributed by atoms with Crippen LogP contribution in [0.15, 0.2) is 51.8 Å². The molecule has 35 heavy (non-hydrogen) atoms. The van der Waals surface area contributed by atoms with E-state index in [9.17, 15) is 24.6 Å². The molecular formula is C25H22ClN2O7-. The SMILES string of the molecule is CCc1cc(=O)oc2cc(O[C@H](C)C(=O)N[C@H](Cc3c[nH]c4ccc(O)cc34)C(=O)[O-])c(Cl)cc12. The number of aromatic hydroxyl groups is 1. The van der Waals surface area contributed by atoms with E-state index in [1.165, 1.54) is 31.2 Å². The van der Waals surface area contributed by atoms with E-state index < -0.39 is 29.6 Å². The molecule has 0 unspecified atom stereocenters. The minimum atomic E-state index is -1.47. The number of amides is 1. The van der Waals surface area contributed by atoms with Crippen molar-refractivity contribution < 1.29 is 29.0 Å². The molecular weight excluding hydrogens is 476 g/mol. The van der Waals surface area contributed by atoms with E-state index >= 15 is 0 Å². The smallest absolute Gasteiger partial charge is 0.336 e. The average Bonchev–Trinajstić information content (AvgIpc) is 3.20. The number of aryl methyl sites for hydroxylation is 1. The van der Waals surface area contributed by atoms with E-state index in [0.29, 0.717) is 28.3 Å². The van der Waals surface area contributed by atoms with Crippen LogP contribution in [0.3, 0.4) is 0 Å². The molecule has 0 saturated heterocycles. The van der Waals surface area contributed by atoms with Gasteiger partial charge in [0.2, 0.25) is 0 Å². The second-order valence-electron chi connectivity index (χ2n) is 8.11. The highest BCUT2D eigenvalue weighted by molar-refractivity contribution is 6.32. The van der Waals surface area contributed by atoms with Crippen LogP contribution in [0.5, 0.6) is 11.5 Å². The first-order valence-corrected chi connectivity index (χ1v) is 11.3. The van der Waals surface area contributed by atoms with Crippen molar-refractivity contribution in [2.24, 2.45) is 0 Å². The maximum absolute atomic E-state index is 12.7. The second-order valence-corrected chi connectivity index (χ2v) is 8.52. The number of fused-ring (bicyclic) bond motifs is 2. The minimum Gasteiger partial charge on any atom is -0.548 e. The molecule has 0 radical (unpaired) electrons. The summed E-state index contributed by atoms with van der Waals surface area (Å²) in [5, 5.41) is 25.4. The number of carboxylic acids is 1. The number of hydrogen-bond donors (Lipinski definition) is 3. The number of aromatic amines is 1. The number of phenols is 1. The van der Waals surface area contributed by atoms with Crippen LogP contribution in [0.4, 0.5) is 0 Å². The van der Waals surface area contributed by atoms with E-state index in [1.54, 1.807) is 18.3 Å². The fourth-order valence-electron chi connectivity index (χ4n) is 3.89. The van der Waals surface area contributed by atoms with Gasteiger partial charge in [-0.1, -0.05) is 18.5 Å². The van der Waals surface area contributed by atoms with E-state index in [1.807, 2.05) is 6.92 Å². The Morgan fingerprint density at radius 3 is 2.69 bits per heavy atom. The molecule has 0 aliphatic rings. The van der Waals surface area contributed by atoms with Crippen molar-refractivity contribution in [1.29, 1.82) is 0 Å². The number of H-pyrrole nitrogens is 1. The van der Waals surface area contributed by atoms with Crippen LogP contribution in [0.25, 0.3) is 21.9 Å². The summed E-state index contributed by atoms with van der Waals surface area (Å²) in [5.41, 5.74) is 1.80. The Balaban J connectivity index is 1.52. The molecule has 2 aromatic carbocycles. The van der Waals surface area contributed by atoms with E-state index in [4.69, 9.17) is 20.8 Å². The summed E-state index contributed by atoms with van der Waals surface area (Å²) in [7, 11) is 0. The standard InChI is InChI=1S/C25H23ClN2O7/c1-3-13-7-23(30)35-21-10-22(18(26)9-17(13)21)34-12(2)24(31)28-20(25(32)33)6-14-11-27-19-5-4-15(29)8-16(14)19/h4-5,7-12,20,27,29H,3,6H2,1-2H3,(H,28,31)(H,32,33)/p-1/t12-,20-/m1/s1. The Bertz CT molecular complexity index is 1490. The molecule has 0 aliphatic carbocycles. The summed E-state index contributed by atoms with van der Waals surface area (Å²) in [6.07, 6.45) is 1.00. The number of nitrogens with one attached hydrogen (secondary N) is 2. The molecule has 0 saturated carbocycles. The first-order chi connectivity index (χ1) is 16.7. The van der Waals surface area contributed by atoms with Crippen molar-refractivity contribution in [2.45, 2.75) is 38.8 Å². The maximum Gasteiger partial charge on any atom is 0.336 e. The van der Waals surface area contributed by atoms with Gasteiger partial charge in [-0.05, 0) is 48.7 Å². The summed E-state index contributed by atoms with van der Waals surface area (Å²) in [5.74, 6) is -2.04. The Morgan fingerprint density at radius 2 is 1.97 bits per heavy atom. The summed E-state index contributed by atoms with van der Waals surface area (Å²) >= 11 is 6.34. The Hall–Kier alpha value is -3.98. The van der Waals surface area contributed by atoms with Crippen LogP contribution in [0.1, 0.15) is 25.0 Å². The normalized spacial score (nSPS) is 13.0. The monoisotopic (exact) mass is 497 g/mol. The zero-order valence-corrected chi connectivity index (χ0v) is 19.6. The molecule has 4 aromatic rings. The number of hydrogen-bond acceptors (Lipinski definition) is 7. The van der Waals surface area contributed by atoms with Crippen LogP contribution in [-0.2, 0) is 22.4 Å². The quantitative estimate of drug-likeness (QED) is 0.317. The zero-order valence-electron chi connectivity index (χ0n) is 18.9. The van der Waals surface area contributed by atoms with Crippen molar-refractivity contribution in [3.8, 4) is 11.5 Å². The van der Waals surface area contributed by atoms with Crippen LogP contribution in [0.2, 0.25) is 5.02 Å². The molecule has 0 aliphatic heterocycles. The van der Waals surface area contributed by atoms with Crippen molar-refractivity contribution in [2.75, 3.05) is 0 Å². The lowest BCUT2D eigenvalue weighted by atomic mass is 10.0. The van der Waals surface area contributed by atoms with Gasteiger partial charge in [0, 0.05) is 41.0 Å².